The molecule has 0 saturated carbocycles. The number of anilines is 1. The van der Waals surface area contributed by atoms with Crippen LogP contribution < -0.4 is 5.32 Å². The number of ketones is 1. The lowest BCUT2D eigenvalue weighted by atomic mass is 9.98. The van der Waals surface area contributed by atoms with Crippen LogP contribution in [0.2, 0.25) is 0 Å². The van der Waals surface area contributed by atoms with Crippen molar-refractivity contribution in [3.8, 4) is 0 Å². The van der Waals surface area contributed by atoms with Crippen LogP contribution in [0.4, 0.5) is 5.69 Å². The van der Waals surface area contributed by atoms with Gasteiger partial charge in [-0.3, -0.25) is 4.79 Å². The zero-order valence-corrected chi connectivity index (χ0v) is 11.3. The third kappa shape index (κ3) is 2.26. The second-order valence-electron chi connectivity index (χ2n) is 5.25. The number of hydrogen-bond donors (Lipinski definition) is 1. The van der Waals surface area contributed by atoms with Crippen molar-refractivity contribution >= 4 is 11.5 Å². The van der Waals surface area contributed by atoms with Crippen molar-refractivity contribution in [1.82, 2.24) is 0 Å². The lowest BCUT2D eigenvalue weighted by Crippen LogP contribution is -2.03. The molecule has 1 heterocycles. The molecular formula is C17H17NO. The van der Waals surface area contributed by atoms with E-state index in [1.165, 1.54) is 5.56 Å². The standard InChI is InChI=1S/C17H17NO/c1-11-7-12(2)9-15(8-11)17(19)14-4-3-13-5-6-18-16(13)10-14/h3-4,7-10,18H,5-6H2,1-2H3. The van der Waals surface area contributed by atoms with E-state index in [0.717, 1.165) is 40.9 Å². The summed E-state index contributed by atoms with van der Waals surface area (Å²) in [5, 5.41) is 3.32. The minimum absolute atomic E-state index is 0.100. The van der Waals surface area contributed by atoms with Crippen molar-refractivity contribution in [1.29, 1.82) is 0 Å². The molecule has 0 bridgehead atoms. The molecule has 0 saturated heterocycles. The fourth-order valence-electron chi connectivity index (χ4n) is 2.70. The Morgan fingerprint density at radius 2 is 1.74 bits per heavy atom. The monoisotopic (exact) mass is 251 g/mol. The van der Waals surface area contributed by atoms with Gasteiger partial charge in [0.2, 0.25) is 0 Å². The van der Waals surface area contributed by atoms with Crippen molar-refractivity contribution < 1.29 is 4.79 Å². The molecule has 3 rings (SSSR count). The molecular weight excluding hydrogens is 234 g/mol. The van der Waals surface area contributed by atoms with E-state index in [2.05, 4.69) is 17.4 Å². The van der Waals surface area contributed by atoms with Crippen LogP contribution in [0, 0.1) is 13.8 Å². The van der Waals surface area contributed by atoms with Gasteiger partial charge in [0.15, 0.2) is 5.78 Å². The molecule has 0 spiro atoms. The number of aryl methyl sites for hydroxylation is 2. The van der Waals surface area contributed by atoms with Crippen LogP contribution in [0.25, 0.3) is 0 Å². The Labute approximate surface area is 113 Å². The van der Waals surface area contributed by atoms with E-state index in [9.17, 15) is 4.79 Å². The molecule has 19 heavy (non-hydrogen) atoms. The van der Waals surface area contributed by atoms with E-state index >= 15 is 0 Å². The van der Waals surface area contributed by atoms with Crippen LogP contribution in [0.15, 0.2) is 36.4 Å². The first-order chi connectivity index (χ1) is 9.13. The third-order valence-electron chi connectivity index (χ3n) is 3.57. The molecule has 1 aliphatic heterocycles. The highest BCUT2D eigenvalue weighted by atomic mass is 16.1. The Morgan fingerprint density at radius 3 is 2.47 bits per heavy atom. The normalized spacial score (nSPS) is 12.9. The summed E-state index contributed by atoms with van der Waals surface area (Å²) in [4.78, 5) is 12.5. The van der Waals surface area contributed by atoms with E-state index in [0.29, 0.717) is 0 Å². The van der Waals surface area contributed by atoms with Crippen LogP contribution in [0.3, 0.4) is 0 Å². The van der Waals surface area contributed by atoms with Gasteiger partial charge >= 0.3 is 0 Å². The van der Waals surface area contributed by atoms with E-state index in [1.807, 2.05) is 38.1 Å². The van der Waals surface area contributed by atoms with E-state index in [1.54, 1.807) is 0 Å². The highest BCUT2D eigenvalue weighted by Crippen LogP contribution is 2.24. The summed E-state index contributed by atoms with van der Waals surface area (Å²) in [6.07, 6.45) is 1.05. The highest BCUT2D eigenvalue weighted by Gasteiger charge is 2.15. The number of carbonyl (C=O) groups excluding carboxylic acids is 1. The fourth-order valence-corrected chi connectivity index (χ4v) is 2.70. The third-order valence-corrected chi connectivity index (χ3v) is 3.57. The molecule has 96 valence electrons. The predicted octanol–water partition coefficient (Wildman–Crippen LogP) is 3.50. The lowest BCUT2D eigenvalue weighted by molar-refractivity contribution is 0.103. The summed E-state index contributed by atoms with van der Waals surface area (Å²) in [6, 6.07) is 12.0. The molecule has 2 aromatic rings. The Morgan fingerprint density at radius 1 is 1.00 bits per heavy atom. The van der Waals surface area contributed by atoms with Gasteiger partial charge in [0.25, 0.3) is 0 Å². The first-order valence-corrected chi connectivity index (χ1v) is 6.63. The van der Waals surface area contributed by atoms with Crippen molar-refractivity contribution in [3.05, 3.63) is 64.2 Å². The first-order valence-electron chi connectivity index (χ1n) is 6.63. The Hall–Kier alpha value is -2.09. The zero-order valence-electron chi connectivity index (χ0n) is 11.3. The molecule has 2 nitrogen and oxygen atoms in total. The number of nitrogens with one attached hydrogen (secondary N) is 1. The van der Waals surface area contributed by atoms with E-state index < -0.39 is 0 Å². The van der Waals surface area contributed by atoms with Crippen LogP contribution in [-0.2, 0) is 6.42 Å². The van der Waals surface area contributed by atoms with Crippen molar-refractivity contribution in [2.75, 3.05) is 11.9 Å². The second-order valence-corrected chi connectivity index (χ2v) is 5.25. The average Bonchev–Trinajstić information content (AvgIpc) is 2.83. The lowest BCUT2D eigenvalue weighted by Gasteiger charge is -2.06. The molecule has 1 N–H and O–H groups in total. The number of rotatable bonds is 2. The molecule has 0 radical (unpaired) electrons. The topological polar surface area (TPSA) is 29.1 Å². The van der Waals surface area contributed by atoms with Crippen molar-refractivity contribution in [2.45, 2.75) is 20.3 Å². The minimum atomic E-state index is 0.100. The van der Waals surface area contributed by atoms with Gasteiger partial charge in [-0.1, -0.05) is 29.3 Å². The Kier molecular flexibility index (Phi) is 2.86. The smallest absolute Gasteiger partial charge is 0.193 e. The van der Waals surface area contributed by atoms with Crippen LogP contribution in [0.1, 0.15) is 32.6 Å². The number of hydrogen-bond acceptors (Lipinski definition) is 2. The van der Waals surface area contributed by atoms with Gasteiger partial charge < -0.3 is 5.32 Å². The van der Waals surface area contributed by atoms with Gasteiger partial charge in [0.1, 0.15) is 0 Å². The van der Waals surface area contributed by atoms with E-state index in [-0.39, 0.29) is 5.78 Å². The largest absolute Gasteiger partial charge is 0.384 e. The summed E-state index contributed by atoms with van der Waals surface area (Å²) in [6.45, 7) is 5.01. The number of fused-ring (bicyclic) bond motifs is 1. The molecule has 0 aliphatic carbocycles. The highest BCUT2D eigenvalue weighted by molar-refractivity contribution is 6.09. The molecule has 2 aromatic carbocycles. The van der Waals surface area contributed by atoms with Gasteiger partial charge in [-0.05, 0) is 44.0 Å². The van der Waals surface area contributed by atoms with Crippen LogP contribution in [0.5, 0.6) is 0 Å². The SMILES string of the molecule is Cc1cc(C)cc(C(=O)c2ccc3c(c2)NCC3)c1. The minimum Gasteiger partial charge on any atom is -0.384 e. The quantitative estimate of drug-likeness (QED) is 0.828. The molecule has 0 aromatic heterocycles. The van der Waals surface area contributed by atoms with Gasteiger partial charge in [0.05, 0.1) is 0 Å². The predicted molar refractivity (Wildman–Crippen MR) is 78.0 cm³/mol. The maximum absolute atomic E-state index is 12.5. The molecule has 0 atom stereocenters. The molecule has 0 fully saturated rings. The first kappa shape index (κ1) is 12.0. The number of benzene rings is 2. The van der Waals surface area contributed by atoms with Crippen LogP contribution in [-0.4, -0.2) is 12.3 Å². The summed E-state index contributed by atoms with van der Waals surface area (Å²) in [7, 11) is 0. The Bertz CT molecular complexity index is 638. The second kappa shape index (κ2) is 4.54. The summed E-state index contributed by atoms with van der Waals surface area (Å²) in [5.74, 6) is 0.100. The fraction of sp³-hybridized carbons (Fsp3) is 0.235. The molecule has 1 aliphatic rings. The molecule has 2 heteroatoms. The molecule has 0 amide bonds. The number of carbonyl (C=O) groups is 1. The molecule has 0 unspecified atom stereocenters. The van der Waals surface area contributed by atoms with Crippen LogP contribution >= 0.6 is 0 Å². The maximum atomic E-state index is 12.5. The van der Waals surface area contributed by atoms with Crippen molar-refractivity contribution in [3.63, 3.8) is 0 Å². The maximum Gasteiger partial charge on any atom is 0.193 e. The Balaban J connectivity index is 1.99. The van der Waals surface area contributed by atoms with Gasteiger partial charge in [-0.15, -0.1) is 0 Å². The van der Waals surface area contributed by atoms with E-state index in [4.69, 9.17) is 0 Å². The van der Waals surface area contributed by atoms with Gasteiger partial charge in [0, 0.05) is 23.4 Å². The van der Waals surface area contributed by atoms with Gasteiger partial charge in [-0.25, -0.2) is 0 Å². The summed E-state index contributed by atoms with van der Waals surface area (Å²) in [5.41, 5.74) is 6.20. The van der Waals surface area contributed by atoms with Crippen molar-refractivity contribution in [2.24, 2.45) is 0 Å². The zero-order chi connectivity index (χ0) is 13.4. The average molecular weight is 251 g/mol. The summed E-state index contributed by atoms with van der Waals surface area (Å²) >= 11 is 0. The van der Waals surface area contributed by atoms with Gasteiger partial charge in [-0.2, -0.15) is 0 Å². The summed E-state index contributed by atoms with van der Waals surface area (Å²) < 4.78 is 0.